The molecule has 3 heterocycles. The van der Waals surface area contributed by atoms with Crippen LogP contribution < -0.4 is 5.56 Å². The van der Waals surface area contributed by atoms with Crippen LogP contribution >= 0.6 is 11.3 Å². The van der Waals surface area contributed by atoms with E-state index in [1.165, 1.54) is 15.3 Å². The van der Waals surface area contributed by atoms with Crippen LogP contribution in [0.1, 0.15) is 15.2 Å². The lowest BCUT2D eigenvalue weighted by molar-refractivity contribution is 0.0628. The lowest BCUT2D eigenvalue weighted by Crippen LogP contribution is -2.49. The van der Waals surface area contributed by atoms with Gasteiger partial charge in [-0.15, -0.1) is 11.3 Å². The van der Waals surface area contributed by atoms with Crippen molar-refractivity contribution < 1.29 is 4.79 Å². The van der Waals surface area contributed by atoms with E-state index in [4.69, 9.17) is 0 Å². The van der Waals surface area contributed by atoms with Crippen molar-refractivity contribution in [1.82, 2.24) is 14.8 Å². The van der Waals surface area contributed by atoms with Gasteiger partial charge in [-0.3, -0.25) is 14.5 Å². The number of carbonyl (C=O) groups excluding carboxylic acids is 1. The minimum atomic E-state index is -0.322. The molecular formula is C21H21N3O2S. The van der Waals surface area contributed by atoms with Gasteiger partial charge in [-0.1, -0.05) is 30.3 Å². The van der Waals surface area contributed by atoms with E-state index in [1.807, 2.05) is 17.4 Å². The Hall–Kier alpha value is -2.70. The minimum Gasteiger partial charge on any atom is -0.336 e. The molecule has 6 heteroatoms. The number of aromatic nitrogens is 1. The summed E-state index contributed by atoms with van der Waals surface area (Å²) in [6.45, 7) is 3.81. The van der Waals surface area contributed by atoms with E-state index < -0.39 is 0 Å². The first-order chi connectivity index (χ1) is 13.2. The van der Waals surface area contributed by atoms with Crippen LogP contribution in [0, 0.1) is 0 Å². The molecule has 1 N–H and O–H groups in total. The number of thiophene rings is 1. The number of H-pyrrole nitrogens is 1. The Morgan fingerprint density at radius 1 is 0.963 bits per heavy atom. The van der Waals surface area contributed by atoms with Crippen LogP contribution in [0.2, 0.25) is 0 Å². The molecular weight excluding hydrogens is 358 g/mol. The second-order valence-corrected chi connectivity index (χ2v) is 7.78. The van der Waals surface area contributed by atoms with Gasteiger partial charge in [-0.2, -0.15) is 0 Å². The molecule has 5 nitrogen and oxygen atoms in total. The molecule has 0 atom stereocenters. The molecule has 1 amide bonds. The van der Waals surface area contributed by atoms with E-state index in [9.17, 15) is 9.59 Å². The normalized spacial score (nSPS) is 15.0. The number of carbonyl (C=O) groups is 1. The molecule has 1 aromatic carbocycles. The first-order valence-corrected chi connectivity index (χ1v) is 9.86. The third kappa shape index (κ3) is 4.02. The molecule has 0 saturated carbocycles. The van der Waals surface area contributed by atoms with Crippen molar-refractivity contribution in [1.29, 1.82) is 0 Å². The molecule has 0 unspecified atom stereocenters. The maximum atomic E-state index is 12.5. The standard InChI is InChI=1S/C21H21N3O2S/c25-20-18(7-4-10-22-20)21(26)24-13-11-23(12-14-24)15-17-8-9-19(27-17)16-5-2-1-3-6-16/h1-10H,11-15H2,(H,22,25). The van der Waals surface area contributed by atoms with Crippen molar-refractivity contribution >= 4 is 17.2 Å². The zero-order chi connectivity index (χ0) is 18.6. The fourth-order valence-electron chi connectivity index (χ4n) is 3.31. The molecule has 1 aliphatic rings. The van der Waals surface area contributed by atoms with Gasteiger partial charge in [0, 0.05) is 48.7 Å². The molecule has 0 aliphatic carbocycles. The Bertz CT molecular complexity index is 972. The van der Waals surface area contributed by atoms with E-state index in [0.717, 1.165) is 19.6 Å². The number of pyridine rings is 1. The van der Waals surface area contributed by atoms with Gasteiger partial charge in [0.15, 0.2) is 0 Å². The minimum absolute atomic E-state index is 0.181. The molecule has 1 fully saturated rings. The highest BCUT2D eigenvalue weighted by atomic mass is 32.1. The van der Waals surface area contributed by atoms with Crippen LogP contribution in [0.5, 0.6) is 0 Å². The number of rotatable bonds is 4. The first kappa shape index (κ1) is 17.7. The Labute approximate surface area is 161 Å². The zero-order valence-corrected chi connectivity index (χ0v) is 15.7. The van der Waals surface area contributed by atoms with Gasteiger partial charge in [-0.05, 0) is 29.8 Å². The summed E-state index contributed by atoms with van der Waals surface area (Å²) in [5.74, 6) is -0.181. The zero-order valence-electron chi connectivity index (χ0n) is 14.9. The largest absolute Gasteiger partial charge is 0.336 e. The summed E-state index contributed by atoms with van der Waals surface area (Å²) >= 11 is 1.82. The van der Waals surface area contributed by atoms with Crippen molar-refractivity contribution in [2.75, 3.05) is 26.2 Å². The predicted molar refractivity (Wildman–Crippen MR) is 108 cm³/mol. The number of benzene rings is 1. The molecule has 1 aliphatic heterocycles. The Kier molecular flexibility index (Phi) is 5.18. The lowest BCUT2D eigenvalue weighted by atomic mass is 10.2. The van der Waals surface area contributed by atoms with Crippen molar-refractivity contribution in [3.63, 3.8) is 0 Å². The summed E-state index contributed by atoms with van der Waals surface area (Å²) in [4.78, 5) is 33.7. The van der Waals surface area contributed by atoms with Gasteiger partial charge in [0.25, 0.3) is 11.5 Å². The number of nitrogens with one attached hydrogen (secondary N) is 1. The summed E-state index contributed by atoms with van der Waals surface area (Å²) in [6, 6.07) is 18.0. The third-order valence-corrected chi connectivity index (χ3v) is 5.93. The fourth-order valence-corrected chi connectivity index (χ4v) is 4.37. The van der Waals surface area contributed by atoms with Gasteiger partial charge in [0.2, 0.25) is 0 Å². The predicted octanol–water partition coefficient (Wildman–Crippen LogP) is 3.06. The molecule has 2 aromatic heterocycles. The average Bonchev–Trinajstić information content (AvgIpc) is 3.18. The van der Waals surface area contributed by atoms with Crippen LogP contribution in [0.3, 0.4) is 0 Å². The molecule has 27 heavy (non-hydrogen) atoms. The van der Waals surface area contributed by atoms with E-state index in [-0.39, 0.29) is 17.0 Å². The number of piperazine rings is 1. The summed E-state index contributed by atoms with van der Waals surface area (Å²) in [6.07, 6.45) is 1.54. The smallest absolute Gasteiger partial charge is 0.260 e. The maximum Gasteiger partial charge on any atom is 0.260 e. The number of aromatic amines is 1. The molecule has 1 saturated heterocycles. The summed E-state index contributed by atoms with van der Waals surface area (Å²) < 4.78 is 0. The van der Waals surface area contributed by atoms with Crippen molar-refractivity contribution in [3.05, 3.63) is 81.6 Å². The lowest BCUT2D eigenvalue weighted by Gasteiger charge is -2.34. The molecule has 3 aromatic rings. The van der Waals surface area contributed by atoms with E-state index in [2.05, 4.69) is 46.3 Å². The topological polar surface area (TPSA) is 56.4 Å². The molecule has 138 valence electrons. The van der Waals surface area contributed by atoms with Crippen molar-refractivity contribution in [3.8, 4) is 10.4 Å². The molecule has 0 bridgehead atoms. The fraction of sp³-hybridized carbons (Fsp3) is 0.238. The van der Waals surface area contributed by atoms with Crippen LogP contribution in [-0.2, 0) is 6.54 Å². The summed E-state index contributed by atoms with van der Waals surface area (Å²) in [5, 5.41) is 0. The van der Waals surface area contributed by atoms with Crippen LogP contribution in [0.4, 0.5) is 0 Å². The van der Waals surface area contributed by atoms with E-state index in [0.29, 0.717) is 13.1 Å². The van der Waals surface area contributed by atoms with Gasteiger partial charge in [-0.25, -0.2) is 0 Å². The second kappa shape index (κ2) is 7.90. The van der Waals surface area contributed by atoms with Gasteiger partial charge < -0.3 is 9.88 Å². The summed E-state index contributed by atoms with van der Waals surface area (Å²) in [7, 11) is 0. The molecule has 0 radical (unpaired) electrons. The Morgan fingerprint density at radius 3 is 2.48 bits per heavy atom. The van der Waals surface area contributed by atoms with Crippen molar-refractivity contribution in [2.45, 2.75) is 6.54 Å². The van der Waals surface area contributed by atoms with Crippen LogP contribution in [0.25, 0.3) is 10.4 Å². The Morgan fingerprint density at radius 2 is 1.74 bits per heavy atom. The van der Waals surface area contributed by atoms with Gasteiger partial charge in [0.05, 0.1) is 0 Å². The highest BCUT2D eigenvalue weighted by Crippen LogP contribution is 2.28. The number of hydrogen-bond donors (Lipinski definition) is 1. The molecule has 0 spiro atoms. The Balaban J connectivity index is 1.35. The monoisotopic (exact) mass is 379 g/mol. The average molecular weight is 379 g/mol. The highest BCUT2D eigenvalue weighted by molar-refractivity contribution is 7.15. The van der Waals surface area contributed by atoms with Crippen LogP contribution in [0.15, 0.2) is 65.6 Å². The summed E-state index contributed by atoms with van der Waals surface area (Å²) in [5.41, 5.74) is 1.14. The number of hydrogen-bond acceptors (Lipinski definition) is 4. The van der Waals surface area contributed by atoms with E-state index >= 15 is 0 Å². The van der Waals surface area contributed by atoms with Crippen molar-refractivity contribution in [2.24, 2.45) is 0 Å². The quantitative estimate of drug-likeness (QED) is 0.758. The molecule has 4 rings (SSSR count). The second-order valence-electron chi connectivity index (χ2n) is 6.61. The van der Waals surface area contributed by atoms with Gasteiger partial charge >= 0.3 is 0 Å². The van der Waals surface area contributed by atoms with Gasteiger partial charge in [0.1, 0.15) is 5.56 Å². The van der Waals surface area contributed by atoms with E-state index in [1.54, 1.807) is 23.2 Å². The first-order valence-electron chi connectivity index (χ1n) is 9.04. The highest BCUT2D eigenvalue weighted by Gasteiger charge is 2.23. The van der Waals surface area contributed by atoms with Crippen LogP contribution in [-0.4, -0.2) is 46.9 Å². The number of nitrogens with zero attached hydrogens (tertiary/aromatic N) is 2. The maximum absolute atomic E-state index is 12.5. The SMILES string of the molecule is O=C(c1ccc[nH]c1=O)N1CCN(Cc2ccc(-c3ccccc3)s2)CC1. The number of amides is 1. The third-order valence-electron chi connectivity index (χ3n) is 4.81.